The molecule has 51 heavy (non-hydrogen) atoms. The predicted octanol–water partition coefficient (Wildman–Crippen LogP) is 6.52. The largest absolute Gasteiger partial charge is 0.508 e. The fourth-order valence-corrected chi connectivity index (χ4v) is 6.91. The van der Waals surface area contributed by atoms with Gasteiger partial charge in [0.25, 0.3) is 0 Å². The molecule has 0 bridgehead atoms. The molecule has 0 spiro atoms. The number of aryl methyl sites for hydroxylation is 1. The van der Waals surface area contributed by atoms with Gasteiger partial charge in [-0.3, -0.25) is 0 Å². The van der Waals surface area contributed by atoms with Crippen LogP contribution in [0.2, 0.25) is 0 Å². The highest BCUT2D eigenvalue weighted by Crippen LogP contribution is 2.50. The molecule has 0 amide bonds. The molecule has 0 saturated heterocycles. The van der Waals surface area contributed by atoms with Crippen LogP contribution in [0.5, 0.6) is 23.0 Å². The molecule has 0 unspecified atom stereocenters. The number of aromatic nitrogens is 3. The van der Waals surface area contributed by atoms with Gasteiger partial charge in [0.2, 0.25) is 0 Å². The van der Waals surface area contributed by atoms with Crippen LogP contribution in [0.25, 0.3) is 21.9 Å². The molecule has 6 aromatic rings. The van der Waals surface area contributed by atoms with Crippen molar-refractivity contribution in [3.63, 3.8) is 0 Å². The molecule has 0 fully saturated rings. The second kappa shape index (κ2) is 14.1. The number of aromatic carboxylic acids is 1. The van der Waals surface area contributed by atoms with Crippen molar-refractivity contribution in [1.82, 2.24) is 19.9 Å². The number of nitrogen functional groups attached to an aromatic ring is 1. The summed E-state index contributed by atoms with van der Waals surface area (Å²) in [7, 11) is 1.67. The molecule has 2 aromatic heterocycles. The molecule has 7 N–H and O–H groups in total. The molecule has 4 aromatic carbocycles. The molecule has 0 aliphatic carbocycles. The standard InChI is InChI=1S/C38H36N6O6S/c1-49-17-14-32-43-34-35(25-6-2-3-7-29(25)42-36(34)39)44(32)16-5-4-15-40-38(51)41-21-8-11-24(28(18-21)37(47)48)33-26-12-9-22(45)19-30(26)50-31-20-23(46)10-13-27(31)33/h2-3,6-13,18-20,33,45-46H,4-5,14-17H2,1H3,(H2,39,42)(H,47,48)(H2,40,41,51). The number of carbonyl (C=O) groups is 1. The van der Waals surface area contributed by atoms with Crippen LogP contribution in [-0.2, 0) is 17.7 Å². The van der Waals surface area contributed by atoms with Crippen molar-refractivity contribution in [2.75, 3.05) is 31.3 Å². The number of pyridine rings is 1. The highest BCUT2D eigenvalue weighted by molar-refractivity contribution is 7.80. The van der Waals surface area contributed by atoms with Crippen LogP contribution >= 0.6 is 12.2 Å². The summed E-state index contributed by atoms with van der Waals surface area (Å²) >= 11 is 5.58. The number of anilines is 2. The van der Waals surface area contributed by atoms with Crippen molar-refractivity contribution < 1.29 is 29.6 Å². The maximum Gasteiger partial charge on any atom is 0.336 e. The number of phenolic OH excluding ortho intramolecular Hbond substituents is 2. The number of nitrogens with two attached hydrogens (primary N) is 1. The molecule has 260 valence electrons. The van der Waals surface area contributed by atoms with Crippen LogP contribution in [0.3, 0.4) is 0 Å². The number of benzene rings is 4. The average molecular weight is 705 g/mol. The number of aromatic hydroxyl groups is 2. The molecule has 12 nitrogen and oxygen atoms in total. The Bertz CT molecular complexity index is 2260. The van der Waals surface area contributed by atoms with Crippen molar-refractivity contribution in [3.05, 3.63) is 107 Å². The SMILES string of the molecule is COCCc1nc2c(N)nc3ccccc3c2n1CCCCNC(=S)Nc1ccc(C2c3ccc(O)cc3Oc3cc(O)ccc32)c(C(=O)O)c1. The Kier molecular flexibility index (Phi) is 9.30. The van der Waals surface area contributed by atoms with E-state index in [1.807, 2.05) is 24.3 Å². The molecule has 3 heterocycles. The number of para-hydroxylation sites is 1. The lowest BCUT2D eigenvalue weighted by Gasteiger charge is -2.30. The van der Waals surface area contributed by atoms with E-state index in [0.29, 0.717) is 76.4 Å². The van der Waals surface area contributed by atoms with E-state index in [4.69, 9.17) is 32.4 Å². The molecular formula is C38H36N6O6S. The van der Waals surface area contributed by atoms with Crippen LogP contribution in [0, 0.1) is 0 Å². The fourth-order valence-electron chi connectivity index (χ4n) is 6.69. The Hall–Kier alpha value is -5.92. The van der Waals surface area contributed by atoms with E-state index in [0.717, 1.165) is 35.1 Å². The smallest absolute Gasteiger partial charge is 0.336 e. The highest BCUT2D eigenvalue weighted by atomic mass is 32.1. The number of hydrogen-bond donors (Lipinski definition) is 6. The van der Waals surface area contributed by atoms with E-state index in [-0.39, 0.29) is 17.1 Å². The van der Waals surface area contributed by atoms with Crippen LogP contribution in [-0.4, -0.2) is 61.2 Å². The Balaban J connectivity index is 1.04. The summed E-state index contributed by atoms with van der Waals surface area (Å²) < 4.78 is 13.5. The minimum Gasteiger partial charge on any atom is -0.508 e. The second-order valence-electron chi connectivity index (χ2n) is 12.3. The second-order valence-corrected chi connectivity index (χ2v) is 12.7. The number of carboxylic acids is 1. The Morgan fingerprint density at radius 1 is 0.961 bits per heavy atom. The third-order valence-electron chi connectivity index (χ3n) is 9.00. The van der Waals surface area contributed by atoms with Crippen LogP contribution in [0.1, 0.15) is 51.6 Å². The number of ether oxygens (including phenoxy) is 2. The third-order valence-corrected chi connectivity index (χ3v) is 9.25. The number of hydrogen-bond acceptors (Lipinski definition) is 9. The Labute approximate surface area is 298 Å². The van der Waals surface area contributed by atoms with E-state index in [2.05, 4.69) is 20.2 Å². The Morgan fingerprint density at radius 3 is 2.37 bits per heavy atom. The first-order valence-corrected chi connectivity index (χ1v) is 16.9. The summed E-state index contributed by atoms with van der Waals surface area (Å²) in [5, 5.41) is 38.2. The topological polar surface area (TPSA) is 177 Å². The number of phenols is 2. The van der Waals surface area contributed by atoms with Crippen molar-refractivity contribution >= 4 is 56.7 Å². The normalized spacial score (nSPS) is 12.3. The van der Waals surface area contributed by atoms with Gasteiger partial charge < -0.3 is 45.7 Å². The van der Waals surface area contributed by atoms with Crippen molar-refractivity contribution in [2.24, 2.45) is 0 Å². The van der Waals surface area contributed by atoms with Crippen molar-refractivity contribution in [2.45, 2.75) is 31.7 Å². The lowest BCUT2D eigenvalue weighted by Crippen LogP contribution is -2.29. The molecule has 0 atom stereocenters. The van der Waals surface area contributed by atoms with Gasteiger partial charge in [0, 0.05) is 66.9 Å². The zero-order valence-electron chi connectivity index (χ0n) is 27.7. The van der Waals surface area contributed by atoms with Gasteiger partial charge >= 0.3 is 5.97 Å². The predicted molar refractivity (Wildman–Crippen MR) is 199 cm³/mol. The van der Waals surface area contributed by atoms with E-state index in [1.54, 1.807) is 37.4 Å². The zero-order valence-corrected chi connectivity index (χ0v) is 28.5. The fraction of sp³-hybridized carbons (Fsp3) is 0.211. The summed E-state index contributed by atoms with van der Waals surface area (Å²) in [6, 6.07) is 22.4. The maximum absolute atomic E-state index is 12.6. The summed E-state index contributed by atoms with van der Waals surface area (Å²) in [6.45, 7) is 1.84. The molecular weight excluding hydrogens is 669 g/mol. The van der Waals surface area contributed by atoms with Crippen LogP contribution in [0.15, 0.2) is 78.9 Å². The first kappa shape index (κ1) is 33.6. The third kappa shape index (κ3) is 6.68. The number of thiocarbonyl (C=S) groups is 1. The molecule has 0 radical (unpaired) electrons. The van der Waals surface area contributed by atoms with Crippen molar-refractivity contribution in [1.29, 1.82) is 0 Å². The van der Waals surface area contributed by atoms with E-state index < -0.39 is 11.9 Å². The van der Waals surface area contributed by atoms with E-state index >= 15 is 0 Å². The lowest BCUT2D eigenvalue weighted by molar-refractivity contribution is 0.0695. The number of imidazole rings is 1. The van der Waals surface area contributed by atoms with E-state index in [9.17, 15) is 20.1 Å². The minimum absolute atomic E-state index is 0.00790. The lowest BCUT2D eigenvalue weighted by atomic mass is 9.80. The number of carboxylic acid groups (broad SMARTS) is 1. The highest BCUT2D eigenvalue weighted by Gasteiger charge is 2.32. The monoisotopic (exact) mass is 704 g/mol. The number of unbranched alkanes of at least 4 members (excludes halogenated alkanes) is 1. The molecule has 0 saturated carbocycles. The van der Waals surface area contributed by atoms with Gasteiger partial charge in [0.15, 0.2) is 10.9 Å². The molecule has 1 aliphatic rings. The summed E-state index contributed by atoms with van der Waals surface area (Å²) in [5.41, 5.74) is 11.3. The Morgan fingerprint density at radius 2 is 1.67 bits per heavy atom. The summed E-state index contributed by atoms with van der Waals surface area (Å²) in [4.78, 5) is 22.0. The number of methoxy groups -OCH3 is 1. The molecule has 1 aliphatic heterocycles. The zero-order chi connectivity index (χ0) is 35.6. The quantitative estimate of drug-likeness (QED) is 0.0636. The number of nitrogens with one attached hydrogen (secondary N) is 2. The number of nitrogens with zero attached hydrogens (tertiary/aromatic N) is 3. The van der Waals surface area contributed by atoms with Crippen LogP contribution in [0.4, 0.5) is 11.5 Å². The van der Waals surface area contributed by atoms with Gasteiger partial charge in [-0.1, -0.05) is 36.4 Å². The van der Waals surface area contributed by atoms with Gasteiger partial charge in [-0.15, -0.1) is 0 Å². The minimum atomic E-state index is -1.11. The number of fused-ring (bicyclic) bond motifs is 5. The van der Waals surface area contributed by atoms with Gasteiger partial charge in [-0.25, -0.2) is 14.8 Å². The molecule has 7 rings (SSSR count). The maximum atomic E-state index is 12.6. The van der Waals surface area contributed by atoms with E-state index in [1.165, 1.54) is 24.3 Å². The van der Waals surface area contributed by atoms with Gasteiger partial charge in [-0.2, -0.15) is 0 Å². The van der Waals surface area contributed by atoms with Gasteiger partial charge in [0.05, 0.1) is 23.2 Å². The molecule has 13 heteroatoms. The van der Waals surface area contributed by atoms with Crippen LogP contribution < -0.4 is 21.1 Å². The number of rotatable bonds is 11. The summed E-state index contributed by atoms with van der Waals surface area (Å²) in [6.07, 6.45) is 2.28. The van der Waals surface area contributed by atoms with Gasteiger partial charge in [0.1, 0.15) is 34.3 Å². The average Bonchev–Trinajstić information content (AvgIpc) is 3.48. The van der Waals surface area contributed by atoms with Gasteiger partial charge in [-0.05, 0) is 61.0 Å². The summed E-state index contributed by atoms with van der Waals surface area (Å²) in [5.74, 6) is 0.435. The van der Waals surface area contributed by atoms with Crippen molar-refractivity contribution in [3.8, 4) is 23.0 Å². The first-order valence-electron chi connectivity index (χ1n) is 16.5. The first-order chi connectivity index (χ1) is 24.7.